The normalized spacial score (nSPS) is 11.2. The second-order valence-corrected chi connectivity index (χ2v) is 7.08. The maximum absolute atomic E-state index is 12.8. The summed E-state index contributed by atoms with van der Waals surface area (Å²) in [5, 5.41) is 16.2. The van der Waals surface area contributed by atoms with Crippen LogP contribution in [-0.2, 0) is 0 Å². The second-order valence-electron chi connectivity index (χ2n) is 7.08. The van der Waals surface area contributed by atoms with Crippen LogP contribution >= 0.6 is 0 Å². The van der Waals surface area contributed by atoms with E-state index in [-0.39, 0.29) is 11.2 Å². The summed E-state index contributed by atoms with van der Waals surface area (Å²) < 4.78 is 1.43. The Balaban J connectivity index is 1.77. The lowest BCUT2D eigenvalue weighted by Gasteiger charge is -2.07. The smallest absolute Gasteiger partial charge is 0.273 e. The van der Waals surface area contributed by atoms with Crippen molar-refractivity contribution in [3.05, 3.63) is 99.0 Å². The zero-order valence-corrected chi connectivity index (χ0v) is 16.0. The molecule has 146 valence electrons. The maximum atomic E-state index is 12.8. The first-order valence-corrected chi connectivity index (χ1v) is 9.38. The van der Waals surface area contributed by atoms with E-state index in [2.05, 4.69) is 5.10 Å². The molecule has 0 unspecified atom stereocenters. The summed E-state index contributed by atoms with van der Waals surface area (Å²) in [6.07, 6.45) is 0. The molecule has 0 aliphatic rings. The Morgan fingerprint density at radius 3 is 2.50 bits per heavy atom. The molecular formula is C23H16N4O3. The van der Waals surface area contributed by atoms with Crippen molar-refractivity contribution < 1.29 is 4.92 Å². The van der Waals surface area contributed by atoms with Crippen molar-refractivity contribution in [3.63, 3.8) is 0 Å². The minimum Gasteiger partial charge on any atom is -0.293 e. The van der Waals surface area contributed by atoms with Crippen LogP contribution in [0, 0.1) is 17.0 Å². The van der Waals surface area contributed by atoms with Crippen molar-refractivity contribution in [1.82, 2.24) is 14.6 Å². The van der Waals surface area contributed by atoms with Gasteiger partial charge in [-0.3, -0.25) is 20.0 Å². The van der Waals surface area contributed by atoms with Gasteiger partial charge in [0.1, 0.15) is 0 Å². The minimum atomic E-state index is -0.455. The molecule has 0 aliphatic heterocycles. The molecule has 0 saturated heterocycles. The predicted molar refractivity (Wildman–Crippen MR) is 116 cm³/mol. The molecule has 2 aromatic heterocycles. The van der Waals surface area contributed by atoms with Gasteiger partial charge >= 0.3 is 0 Å². The van der Waals surface area contributed by atoms with Gasteiger partial charge in [-0.25, -0.2) is 9.50 Å². The number of hydrogen-bond donors (Lipinski definition) is 1. The van der Waals surface area contributed by atoms with Gasteiger partial charge in [0.25, 0.3) is 11.2 Å². The molecule has 30 heavy (non-hydrogen) atoms. The van der Waals surface area contributed by atoms with Crippen molar-refractivity contribution in [2.75, 3.05) is 0 Å². The molecule has 7 heteroatoms. The Labute approximate surface area is 170 Å². The Kier molecular flexibility index (Phi) is 3.96. The number of fused-ring (bicyclic) bond motifs is 2. The zero-order valence-electron chi connectivity index (χ0n) is 16.0. The average molecular weight is 396 g/mol. The van der Waals surface area contributed by atoms with Crippen LogP contribution in [-0.4, -0.2) is 19.5 Å². The summed E-state index contributed by atoms with van der Waals surface area (Å²) in [7, 11) is 0. The van der Waals surface area contributed by atoms with Crippen molar-refractivity contribution in [2.45, 2.75) is 6.92 Å². The highest BCUT2D eigenvalue weighted by Gasteiger charge is 2.17. The fourth-order valence-corrected chi connectivity index (χ4v) is 3.82. The van der Waals surface area contributed by atoms with E-state index in [1.165, 1.54) is 22.7 Å². The van der Waals surface area contributed by atoms with Gasteiger partial charge in [-0.15, -0.1) is 0 Å². The van der Waals surface area contributed by atoms with E-state index in [1.807, 2.05) is 49.4 Å². The number of aryl methyl sites for hydroxylation is 1. The summed E-state index contributed by atoms with van der Waals surface area (Å²) in [5.74, 6) is 0. The van der Waals surface area contributed by atoms with Crippen LogP contribution in [0.3, 0.4) is 0 Å². The number of nitrogens with one attached hydrogen (secondary N) is 1. The maximum Gasteiger partial charge on any atom is 0.273 e. The van der Waals surface area contributed by atoms with Crippen LogP contribution in [0.5, 0.6) is 0 Å². The van der Waals surface area contributed by atoms with Gasteiger partial charge in [-0.05, 0) is 35.4 Å². The number of rotatable bonds is 3. The molecule has 0 amide bonds. The molecule has 0 aliphatic carbocycles. The monoisotopic (exact) mass is 396 g/mol. The third-order valence-electron chi connectivity index (χ3n) is 5.23. The molecule has 5 rings (SSSR count). The predicted octanol–water partition coefficient (Wildman–Crippen LogP) is 4.73. The molecule has 1 N–H and O–H groups in total. The van der Waals surface area contributed by atoms with Crippen molar-refractivity contribution in [2.24, 2.45) is 0 Å². The summed E-state index contributed by atoms with van der Waals surface area (Å²) in [6, 6.07) is 21.6. The highest BCUT2D eigenvalue weighted by Crippen LogP contribution is 2.33. The summed E-state index contributed by atoms with van der Waals surface area (Å²) in [6.45, 7) is 1.91. The largest absolute Gasteiger partial charge is 0.293 e. The van der Waals surface area contributed by atoms with E-state index in [0.29, 0.717) is 16.9 Å². The lowest BCUT2D eigenvalue weighted by molar-refractivity contribution is -0.384. The fraction of sp³-hybridized carbons (Fsp3) is 0.0435. The van der Waals surface area contributed by atoms with Crippen LogP contribution in [0.15, 0.2) is 77.6 Å². The first-order valence-electron chi connectivity index (χ1n) is 9.38. The number of aromatic amines is 1. The molecule has 7 nitrogen and oxygen atoms in total. The average Bonchev–Trinajstić information content (AvgIpc) is 3.09. The van der Waals surface area contributed by atoms with E-state index in [0.717, 1.165) is 27.6 Å². The van der Waals surface area contributed by atoms with Crippen LogP contribution in [0.25, 0.3) is 38.8 Å². The van der Waals surface area contributed by atoms with Crippen LogP contribution < -0.4 is 5.56 Å². The summed E-state index contributed by atoms with van der Waals surface area (Å²) >= 11 is 0. The van der Waals surface area contributed by atoms with Gasteiger partial charge in [0.15, 0.2) is 5.65 Å². The number of non-ortho nitro benzene ring substituents is 1. The van der Waals surface area contributed by atoms with Crippen molar-refractivity contribution in [3.8, 4) is 22.4 Å². The van der Waals surface area contributed by atoms with Gasteiger partial charge < -0.3 is 0 Å². The van der Waals surface area contributed by atoms with Gasteiger partial charge in [-0.1, -0.05) is 42.5 Å². The molecule has 0 fully saturated rings. The molecule has 3 aromatic carbocycles. The Morgan fingerprint density at radius 2 is 1.73 bits per heavy atom. The number of benzene rings is 3. The number of nitro groups is 1. The van der Waals surface area contributed by atoms with E-state index < -0.39 is 4.92 Å². The van der Waals surface area contributed by atoms with Crippen LogP contribution in [0.2, 0.25) is 0 Å². The molecule has 0 saturated carbocycles. The number of hydrogen-bond acceptors (Lipinski definition) is 4. The van der Waals surface area contributed by atoms with Crippen molar-refractivity contribution >= 4 is 22.1 Å². The van der Waals surface area contributed by atoms with Gasteiger partial charge in [-0.2, -0.15) is 0 Å². The molecule has 0 bridgehead atoms. The van der Waals surface area contributed by atoms with Crippen LogP contribution in [0.4, 0.5) is 5.69 Å². The lowest BCUT2D eigenvalue weighted by atomic mass is 9.98. The first-order chi connectivity index (χ1) is 14.5. The molecular weight excluding hydrogens is 380 g/mol. The topological polar surface area (TPSA) is 93.3 Å². The lowest BCUT2D eigenvalue weighted by Crippen LogP contribution is -2.14. The molecule has 0 spiro atoms. The highest BCUT2D eigenvalue weighted by atomic mass is 16.6. The fourth-order valence-electron chi connectivity index (χ4n) is 3.82. The quantitative estimate of drug-likeness (QED) is 0.352. The standard InChI is InChI=1S/C23H16N4O3/c1-14-22(19-8-4-6-15-5-2-3-7-18(15)19)23-24-20(13-21(28)26(23)25-14)16-9-11-17(12-10-16)27(29)30/h2-13,25H,1H3. The van der Waals surface area contributed by atoms with Gasteiger partial charge in [0.05, 0.1) is 10.6 Å². The van der Waals surface area contributed by atoms with E-state index in [1.54, 1.807) is 12.1 Å². The Bertz CT molecular complexity index is 1490. The van der Waals surface area contributed by atoms with Crippen molar-refractivity contribution in [1.29, 1.82) is 0 Å². The van der Waals surface area contributed by atoms with Gasteiger partial charge in [0, 0.05) is 35.0 Å². The Hall–Kier alpha value is -4.26. The molecule has 5 aromatic rings. The number of nitrogens with zero attached hydrogens (tertiary/aromatic N) is 3. The highest BCUT2D eigenvalue weighted by molar-refractivity contribution is 6.00. The van der Waals surface area contributed by atoms with Gasteiger partial charge in [0.2, 0.25) is 0 Å². The number of aromatic nitrogens is 3. The molecule has 2 heterocycles. The number of nitro benzene ring substituents is 1. The second kappa shape index (κ2) is 6.66. The first kappa shape index (κ1) is 17.8. The SMILES string of the molecule is Cc1[nH]n2c(=O)cc(-c3ccc([N+](=O)[O-])cc3)nc2c1-c1cccc2ccccc12. The third-order valence-corrected chi connectivity index (χ3v) is 5.23. The number of H-pyrrole nitrogens is 1. The third kappa shape index (κ3) is 2.76. The summed E-state index contributed by atoms with van der Waals surface area (Å²) in [4.78, 5) is 28.0. The summed E-state index contributed by atoms with van der Waals surface area (Å²) in [5.41, 5.74) is 4.04. The van der Waals surface area contributed by atoms with E-state index in [9.17, 15) is 14.9 Å². The van der Waals surface area contributed by atoms with Crippen LogP contribution in [0.1, 0.15) is 5.69 Å². The minimum absolute atomic E-state index is 0.00881. The van der Waals surface area contributed by atoms with E-state index in [4.69, 9.17) is 4.98 Å². The molecule has 0 radical (unpaired) electrons. The zero-order chi connectivity index (χ0) is 20.8. The van der Waals surface area contributed by atoms with E-state index >= 15 is 0 Å². The molecule has 0 atom stereocenters. The Morgan fingerprint density at radius 1 is 1.00 bits per heavy atom.